The Morgan fingerprint density at radius 1 is 1.21 bits per heavy atom. The van der Waals surface area contributed by atoms with Crippen LogP contribution in [0.5, 0.6) is 0 Å². The molecule has 19 heavy (non-hydrogen) atoms. The summed E-state index contributed by atoms with van der Waals surface area (Å²) >= 11 is 1.90. The minimum Gasteiger partial charge on any atom is -0.210 e. The maximum Gasteiger partial charge on any atom is 0.240 e. The summed E-state index contributed by atoms with van der Waals surface area (Å²) in [6.45, 7) is 2.46. The van der Waals surface area contributed by atoms with E-state index in [0.717, 1.165) is 16.6 Å². The van der Waals surface area contributed by atoms with Crippen molar-refractivity contribution in [1.82, 2.24) is 4.72 Å². The zero-order valence-electron chi connectivity index (χ0n) is 11.3. The van der Waals surface area contributed by atoms with Crippen molar-refractivity contribution in [2.75, 3.05) is 12.3 Å². The van der Waals surface area contributed by atoms with Crippen LogP contribution < -0.4 is 4.72 Å². The van der Waals surface area contributed by atoms with Crippen molar-refractivity contribution in [2.24, 2.45) is 0 Å². The number of nitrogens with one attached hydrogen (secondary N) is 1. The summed E-state index contributed by atoms with van der Waals surface area (Å²) in [5.41, 5.74) is 1.07. The molecule has 0 amide bonds. The highest BCUT2D eigenvalue weighted by molar-refractivity contribution is 8.00. The van der Waals surface area contributed by atoms with Gasteiger partial charge in [-0.3, -0.25) is 0 Å². The molecule has 0 unspecified atom stereocenters. The van der Waals surface area contributed by atoms with Crippen LogP contribution in [0.15, 0.2) is 29.2 Å². The summed E-state index contributed by atoms with van der Waals surface area (Å²) in [6.07, 6.45) is 5.23. The monoisotopic (exact) mass is 299 g/mol. The van der Waals surface area contributed by atoms with Gasteiger partial charge >= 0.3 is 0 Å². The topological polar surface area (TPSA) is 46.2 Å². The van der Waals surface area contributed by atoms with Crippen molar-refractivity contribution >= 4 is 21.8 Å². The third-order valence-corrected chi connectivity index (χ3v) is 6.24. The zero-order chi connectivity index (χ0) is 13.7. The molecule has 0 spiro atoms. The van der Waals surface area contributed by atoms with Crippen molar-refractivity contribution < 1.29 is 8.42 Å². The lowest BCUT2D eigenvalue weighted by atomic mass is 10.2. The standard InChI is InChI=1S/C14H21NO2S2/c1-12-6-8-14(9-7-12)19(16,17)15-10-11-18-13-4-2-3-5-13/h6-9,13,15H,2-5,10-11H2,1H3. The molecule has 1 aromatic carbocycles. The lowest BCUT2D eigenvalue weighted by molar-refractivity contribution is 0.584. The smallest absolute Gasteiger partial charge is 0.210 e. The molecule has 0 aliphatic heterocycles. The third kappa shape index (κ3) is 4.51. The highest BCUT2D eigenvalue weighted by Gasteiger charge is 2.16. The number of rotatable bonds is 6. The van der Waals surface area contributed by atoms with E-state index in [1.54, 1.807) is 12.1 Å². The van der Waals surface area contributed by atoms with Crippen LogP contribution in [-0.4, -0.2) is 26.0 Å². The van der Waals surface area contributed by atoms with Crippen molar-refractivity contribution in [3.05, 3.63) is 29.8 Å². The molecular formula is C14H21NO2S2. The SMILES string of the molecule is Cc1ccc(S(=O)(=O)NCCSC2CCCC2)cc1. The normalized spacial score (nSPS) is 16.9. The highest BCUT2D eigenvalue weighted by atomic mass is 32.2. The van der Waals surface area contributed by atoms with Crippen LogP contribution in [0.2, 0.25) is 0 Å². The first kappa shape index (κ1) is 14.9. The molecule has 0 bridgehead atoms. The Labute approximate surface area is 120 Å². The van der Waals surface area contributed by atoms with Gasteiger partial charge in [0.1, 0.15) is 0 Å². The molecule has 1 saturated carbocycles. The summed E-state index contributed by atoms with van der Waals surface area (Å²) in [6, 6.07) is 6.95. The Balaban J connectivity index is 1.79. The van der Waals surface area contributed by atoms with E-state index < -0.39 is 10.0 Å². The van der Waals surface area contributed by atoms with Gasteiger partial charge in [0.25, 0.3) is 0 Å². The summed E-state index contributed by atoms with van der Waals surface area (Å²) in [5, 5.41) is 0.740. The number of hydrogen-bond donors (Lipinski definition) is 1. The van der Waals surface area contributed by atoms with Crippen LogP contribution in [-0.2, 0) is 10.0 Å². The minimum atomic E-state index is -3.34. The Morgan fingerprint density at radius 3 is 2.47 bits per heavy atom. The summed E-state index contributed by atoms with van der Waals surface area (Å²) < 4.78 is 26.7. The molecule has 1 aliphatic carbocycles. The third-order valence-electron chi connectivity index (χ3n) is 3.38. The van der Waals surface area contributed by atoms with E-state index in [9.17, 15) is 8.42 Å². The van der Waals surface area contributed by atoms with E-state index in [1.807, 2.05) is 30.8 Å². The van der Waals surface area contributed by atoms with Gasteiger partial charge in [0.2, 0.25) is 10.0 Å². The molecule has 0 heterocycles. The fraction of sp³-hybridized carbons (Fsp3) is 0.571. The van der Waals surface area contributed by atoms with E-state index in [1.165, 1.54) is 25.7 Å². The average Bonchev–Trinajstić information content (AvgIpc) is 2.88. The van der Waals surface area contributed by atoms with Gasteiger partial charge in [-0.15, -0.1) is 0 Å². The number of thioether (sulfide) groups is 1. The molecule has 3 nitrogen and oxygen atoms in total. The largest absolute Gasteiger partial charge is 0.240 e. The van der Waals surface area contributed by atoms with Crippen LogP contribution in [0.25, 0.3) is 0 Å². The molecule has 5 heteroatoms. The molecule has 0 aromatic heterocycles. The summed E-state index contributed by atoms with van der Waals surface area (Å²) in [4.78, 5) is 0.351. The molecule has 1 fully saturated rings. The molecule has 1 aromatic rings. The van der Waals surface area contributed by atoms with Gasteiger partial charge in [0, 0.05) is 17.5 Å². The van der Waals surface area contributed by atoms with E-state index in [-0.39, 0.29) is 0 Å². The first-order chi connectivity index (χ1) is 9.08. The Hall–Kier alpha value is -0.520. The molecular weight excluding hydrogens is 278 g/mol. The van der Waals surface area contributed by atoms with Gasteiger partial charge in [-0.1, -0.05) is 30.5 Å². The van der Waals surface area contributed by atoms with Crippen molar-refractivity contribution in [2.45, 2.75) is 42.8 Å². The minimum absolute atomic E-state index is 0.351. The zero-order valence-corrected chi connectivity index (χ0v) is 12.9. The van der Waals surface area contributed by atoms with Crippen LogP contribution >= 0.6 is 11.8 Å². The Morgan fingerprint density at radius 2 is 1.84 bits per heavy atom. The fourth-order valence-electron chi connectivity index (χ4n) is 2.26. The predicted octanol–water partition coefficient (Wildman–Crippen LogP) is 2.95. The maximum atomic E-state index is 12.0. The number of aryl methyl sites for hydroxylation is 1. The first-order valence-corrected chi connectivity index (χ1v) is 9.29. The van der Waals surface area contributed by atoms with Crippen LogP contribution in [0, 0.1) is 6.92 Å². The number of sulfonamides is 1. The van der Waals surface area contributed by atoms with E-state index in [4.69, 9.17) is 0 Å². The Bertz CT molecular complexity index is 491. The van der Waals surface area contributed by atoms with Crippen LogP contribution in [0.3, 0.4) is 0 Å². The molecule has 1 N–H and O–H groups in total. The molecule has 0 saturated heterocycles. The van der Waals surface area contributed by atoms with Crippen LogP contribution in [0.4, 0.5) is 0 Å². The van der Waals surface area contributed by atoms with Crippen molar-refractivity contribution in [1.29, 1.82) is 0 Å². The Kier molecular flexibility index (Phi) is 5.30. The van der Waals surface area contributed by atoms with E-state index in [2.05, 4.69) is 4.72 Å². The molecule has 1 aliphatic rings. The maximum absolute atomic E-state index is 12.0. The van der Waals surface area contributed by atoms with Crippen LogP contribution in [0.1, 0.15) is 31.2 Å². The van der Waals surface area contributed by atoms with E-state index in [0.29, 0.717) is 11.4 Å². The van der Waals surface area contributed by atoms with Gasteiger partial charge in [-0.05, 0) is 31.9 Å². The second-order valence-corrected chi connectivity index (χ2v) is 8.16. The quantitative estimate of drug-likeness (QED) is 0.822. The number of benzene rings is 1. The second kappa shape index (κ2) is 6.77. The van der Waals surface area contributed by atoms with E-state index >= 15 is 0 Å². The van der Waals surface area contributed by atoms with Gasteiger partial charge < -0.3 is 0 Å². The molecule has 0 atom stereocenters. The first-order valence-electron chi connectivity index (χ1n) is 6.76. The van der Waals surface area contributed by atoms with Gasteiger partial charge in [-0.25, -0.2) is 13.1 Å². The average molecular weight is 299 g/mol. The molecule has 2 rings (SSSR count). The fourth-order valence-corrected chi connectivity index (χ4v) is 4.64. The van der Waals surface area contributed by atoms with Gasteiger partial charge in [0.15, 0.2) is 0 Å². The van der Waals surface area contributed by atoms with Crippen molar-refractivity contribution in [3.63, 3.8) is 0 Å². The number of hydrogen-bond acceptors (Lipinski definition) is 3. The lowest BCUT2D eigenvalue weighted by Crippen LogP contribution is -2.26. The lowest BCUT2D eigenvalue weighted by Gasteiger charge is -2.10. The molecule has 106 valence electrons. The second-order valence-electron chi connectivity index (χ2n) is 4.99. The summed E-state index contributed by atoms with van der Waals surface area (Å²) in [7, 11) is -3.34. The summed E-state index contributed by atoms with van der Waals surface area (Å²) in [5.74, 6) is 0.857. The van der Waals surface area contributed by atoms with Crippen molar-refractivity contribution in [3.8, 4) is 0 Å². The predicted molar refractivity (Wildman–Crippen MR) is 81.1 cm³/mol. The van der Waals surface area contributed by atoms with Gasteiger partial charge in [-0.2, -0.15) is 11.8 Å². The molecule has 0 radical (unpaired) electrons. The highest BCUT2D eigenvalue weighted by Crippen LogP contribution is 2.28. The van der Waals surface area contributed by atoms with Gasteiger partial charge in [0.05, 0.1) is 4.90 Å².